The predicted molar refractivity (Wildman–Crippen MR) is 169 cm³/mol. The van der Waals surface area contributed by atoms with E-state index in [1.165, 1.54) is 4.31 Å². The fraction of sp³-hybridized carbons (Fsp3) is 0.667. The smallest absolute Gasteiger partial charge is 0.264 e. The number of hydrogen-bond donors (Lipinski definition) is 1. The summed E-state index contributed by atoms with van der Waals surface area (Å²) in [6.07, 6.45) is 3.41. The summed E-state index contributed by atoms with van der Waals surface area (Å²) in [5.41, 5.74) is 0.678. The first-order chi connectivity index (χ1) is 20.4. The first-order valence-electron chi connectivity index (χ1n) is 15.5. The zero-order chi connectivity index (χ0) is 30.9. The third kappa shape index (κ3) is 7.16. The zero-order valence-corrected chi connectivity index (χ0v) is 27.1. The van der Waals surface area contributed by atoms with Gasteiger partial charge in [0.2, 0.25) is 10.0 Å². The fourth-order valence-electron chi connectivity index (χ4n) is 7.01. The van der Waals surface area contributed by atoms with Gasteiger partial charge in [0.15, 0.2) is 9.84 Å². The van der Waals surface area contributed by atoms with Crippen molar-refractivity contribution in [1.82, 2.24) is 24.0 Å². The van der Waals surface area contributed by atoms with E-state index in [-0.39, 0.29) is 58.5 Å². The molecule has 0 spiro atoms. The van der Waals surface area contributed by atoms with Crippen LogP contribution in [-0.4, -0.2) is 116 Å². The van der Waals surface area contributed by atoms with Gasteiger partial charge >= 0.3 is 0 Å². The molecule has 1 amide bonds. The van der Waals surface area contributed by atoms with Gasteiger partial charge in [0.05, 0.1) is 22.8 Å². The van der Waals surface area contributed by atoms with Gasteiger partial charge in [-0.15, -0.1) is 0 Å². The Balaban J connectivity index is 1.13. The van der Waals surface area contributed by atoms with Gasteiger partial charge in [0.1, 0.15) is 5.56 Å². The number of hydrogen-bond acceptors (Lipinski definition) is 8. The zero-order valence-electron chi connectivity index (χ0n) is 25.4. The number of carbonyl (C=O) groups is 1. The molecule has 0 radical (unpaired) electrons. The van der Waals surface area contributed by atoms with E-state index in [0.717, 1.165) is 36.6 Å². The van der Waals surface area contributed by atoms with E-state index >= 15 is 0 Å². The summed E-state index contributed by atoms with van der Waals surface area (Å²) in [6, 6.07) is 9.55. The molecule has 1 aromatic carbocycles. The van der Waals surface area contributed by atoms with Crippen LogP contribution >= 0.6 is 0 Å². The lowest BCUT2D eigenvalue weighted by atomic mass is 9.97. The number of piperazine rings is 1. The molecule has 2 bridgehead atoms. The largest absolute Gasteiger partial charge is 0.349 e. The van der Waals surface area contributed by atoms with Gasteiger partial charge in [0, 0.05) is 63.4 Å². The first kappa shape index (κ1) is 32.1. The number of amides is 1. The molecule has 43 heavy (non-hydrogen) atoms. The van der Waals surface area contributed by atoms with Crippen molar-refractivity contribution >= 4 is 36.7 Å². The Morgan fingerprint density at radius 1 is 0.953 bits per heavy atom. The Kier molecular flexibility index (Phi) is 9.67. The van der Waals surface area contributed by atoms with Crippen molar-refractivity contribution in [3.63, 3.8) is 0 Å². The SMILES string of the molecule is CCS(=O)(=O)N1CCN(CCS(=O)(=O)CCN2[C@@H]3CC[C@H]2C[C@H](NC(=O)c2cc4ccccc4n(C(C)C)c2=O)C3)CC1. The van der Waals surface area contributed by atoms with Gasteiger partial charge in [-0.05, 0) is 64.0 Å². The minimum absolute atomic E-state index is 0.0635. The number of carbonyl (C=O) groups excluding carboxylic acids is 1. The van der Waals surface area contributed by atoms with Gasteiger partial charge in [-0.3, -0.25) is 19.4 Å². The van der Waals surface area contributed by atoms with Gasteiger partial charge in [-0.25, -0.2) is 16.8 Å². The Labute approximate surface area is 255 Å². The summed E-state index contributed by atoms with van der Waals surface area (Å²) in [4.78, 5) is 31.0. The standard InChI is InChI=1S/C30H45N5O6S2/c1-4-43(40,41)33-13-11-32(12-14-33)15-17-42(38,39)18-16-34-25-9-10-26(34)21-24(20-25)31-29(36)27-19-23-7-5-6-8-28(23)35(22(2)3)30(27)37/h5-8,19,22,24-26H,4,9-18,20-21H2,1-3H3,(H,31,36)/t24-,25-,26+. The van der Waals surface area contributed by atoms with Gasteiger partial charge < -0.3 is 9.88 Å². The second-order valence-corrected chi connectivity index (χ2v) is 17.0. The van der Waals surface area contributed by atoms with Crippen molar-refractivity contribution in [2.75, 3.05) is 56.5 Å². The minimum atomic E-state index is -3.27. The van der Waals surface area contributed by atoms with Crippen molar-refractivity contribution in [1.29, 1.82) is 0 Å². The highest BCUT2D eigenvalue weighted by molar-refractivity contribution is 7.91. The van der Waals surface area contributed by atoms with Gasteiger partial charge in [0.25, 0.3) is 11.5 Å². The Morgan fingerprint density at radius 2 is 1.58 bits per heavy atom. The summed E-state index contributed by atoms with van der Waals surface area (Å²) < 4.78 is 53.2. The number of sulfone groups is 1. The summed E-state index contributed by atoms with van der Waals surface area (Å²) in [5.74, 6) is -0.113. The Morgan fingerprint density at radius 3 is 2.21 bits per heavy atom. The van der Waals surface area contributed by atoms with Crippen LogP contribution in [0.25, 0.3) is 10.9 Å². The van der Waals surface area contributed by atoms with Crippen LogP contribution in [0.15, 0.2) is 35.1 Å². The van der Waals surface area contributed by atoms with Crippen molar-refractivity contribution in [3.05, 3.63) is 46.2 Å². The van der Waals surface area contributed by atoms with Gasteiger partial charge in [-0.1, -0.05) is 18.2 Å². The number of aromatic nitrogens is 1. The molecule has 1 aromatic heterocycles. The maximum atomic E-state index is 13.4. The van der Waals surface area contributed by atoms with Crippen molar-refractivity contribution < 1.29 is 21.6 Å². The van der Waals surface area contributed by atoms with Gasteiger partial charge in [-0.2, -0.15) is 4.31 Å². The number of fused-ring (bicyclic) bond motifs is 3. The number of nitrogens with one attached hydrogen (secondary N) is 1. The molecular formula is C30H45N5O6S2. The third-order valence-corrected chi connectivity index (χ3v) is 12.9. The number of para-hydroxylation sites is 1. The van der Waals surface area contributed by atoms with Crippen LogP contribution in [0.3, 0.4) is 0 Å². The molecule has 238 valence electrons. The molecule has 0 unspecified atom stereocenters. The van der Waals surface area contributed by atoms with Crippen molar-refractivity contribution in [3.8, 4) is 0 Å². The molecule has 1 N–H and O–H groups in total. The molecule has 5 rings (SSSR count). The number of rotatable bonds is 11. The van der Waals surface area contributed by atoms with Crippen LogP contribution in [0.2, 0.25) is 0 Å². The number of nitrogens with zero attached hydrogens (tertiary/aromatic N) is 4. The maximum absolute atomic E-state index is 13.4. The Hall–Kier alpha value is -2.32. The molecule has 3 fully saturated rings. The highest BCUT2D eigenvalue weighted by atomic mass is 32.2. The van der Waals surface area contributed by atoms with E-state index in [9.17, 15) is 26.4 Å². The lowest BCUT2D eigenvalue weighted by Crippen LogP contribution is -2.52. The van der Waals surface area contributed by atoms with E-state index in [2.05, 4.69) is 10.2 Å². The molecule has 4 heterocycles. The highest BCUT2D eigenvalue weighted by Gasteiger charge is 2.41. The molecule has 0 saturated carbocycles. The van der Waals surface area contributed by atoms with Crippen LogP contribution in [0, 0.1) is 0 Å². The van der Waals surface area contributed by atoms with E-state index in [4.69, 9.17) is 0 Å². The molecule has 13 heteroatoms. The molecule has 11 nitrogen and oxygen atoms in total. The van der Waals surface area contributed by atoms with E-state index in [1.807, 2.05) is 43.0 Å². The molecule has 3 saturated heterocycles. The molecule has 3 aliphatic heterocycles. The van der Waals surface area contributed by atoms with Crippen LogP contribution < -0.4 is 10.9 Å². The van der Waals surface area contributed by atoms with E-state index in [0.29, 0.717) is 39.3 Å². The third-order valence-electron chi connectivity index (χ3n) is 9.39. The number of benzene rings is 1. The van der Waals surface area contributed by atoms with Crippen molar-refractivity contribution in [2.45, 2.75) is 70.6 Å². The number of pyridine rings is 1. The van der Waals surface area contributed by atoms with E-state index in [1.54, 1.807) is 17.6 Å². The summed E-state index contributed by atoms with van der Waals surface area (Å²) in [5, 5.41) is 3.98. The summed E-state index contributed by atoms with van der Waals surface area (Å²) in [6.45, 7) is 8.29. The maximum Gasteiger partial charge on any atom is 0.264 e. The number of sulfonamides is 1. The predicted octanol–water partition coefficient (Wildman–Crippen LogP) is 1.69. The van der Waals surface area contributed by atoms with E-state index < -0.39 is 19.9 Å². The van der Waals surface area contributed by atoms with Crippen molar-refractivity contribution in [2.24, 2.45) is 0 Å². The normalized spacial score (nSPS) is 24.1. The molecule has 3 atom stereocenters. The average Bonchev–Trinajstić information content (AvgIpc) is 3.22. The summed E-state index contributed by atoms with van der Waals surface area (Å²) >= 11 is 0. The fourth-order valence-corrected chi connectivity index (χ4v) is 9.32. The summed E-state index contributed by atoms with van der Waals surface area (Å²) in [7, 11) is -6.48. The topological polar surface area (TPSA) is 129 Å². The second kappa shape index (κ2) is 13.0. The van der Waals surface area contributed by atoms with Crippen LogP contribution in [0.1, 0.15) is 62.9 Å². The first-order valence-corrected chi connectivity index (χ1v) is 18.9. The van der Waals surface area contributed by atoms with Crippen LogP contribution in [0.4, 0.5) is 0 Å². The average molecular weight is 636 g/mol. The quantitative estimate of drug-likeness (QED) is 0.395. The molecular weight excluding hydrogens is 590 g/mol. The highest BCUT2D eigenvalue weighted by Crippen LogP contribution is 2.35. The molecule has 2 aromatic rings. The monoisotopic (exact) mass is 635 g/mol. The van der Waals surface area contributed by atoms with Crippen LogP contribution in [0.5, 0.6) is 0 Å². The minimum Gasteiger partial charge on any atom is -0.349 e. The van der Waals surface area contributed by atoms with Crippen LogP contribution in [-0.2, 0) is 19.9 Å². The molecule has 3 aliphatic rings. The molecule has 0 aliphatic carbocycles. The number of piperidine rings is 1. The second-order valence-electron chi connectivity index (χ2n) is 12.4. The lowest BCUT2D eigenvalue weighted by Gasteiger charge is -2.39. The Bertz CT molecular complexity index is 1580. The lowest BCUT2D eigenvalue weighted by molar-refractivity contribution is 0.0856.